The van der Waals surface area contributed by atoms with Crippen LogP contribution in [0.1, 0.15) is 31.2 Å². The zero-order valence-corrected chi connectivity index (χ0v) is 12.0. The summed E-state index contributed by atoms with van der Waals surface area (Å²) in [5.74, 6) is -0.326. The van der Waals surface area contributed by atoms with E-state index in [2.05, 4.69) is 12.1 Å². The number of carbonyl (C=O) groups excluding carboxylic acids is 1. The van der Waals surface area contributed by atoms with E-state index in [4.69, 9.17) is 15.2 Å². The molecule has 0 aliphatic heterocycles. The molecule has 1 aliphatic carbocycles. The van der Waals surface area contributed by atoms with Crippen LogP contribution in [0.25, 0.3) is 0 Å². The summed E-state index contributed by atoms with van der Waals surface area (Å²) in [6.45, 7) is 0.705. The highest BCUT2D eigenvalue weighted by Crippen LogP contribution is 2.30. The highest BCUT2D eigenvalue weighted by molar-refractivity contribution is 5.80. The summed E-state index contributed by atoms with van der Waals surface area (Å²) in [5.41, 5.74) is 6.52. The Balaban J connectivity index is 1.67. The van der Waals surface area contributed by atoms with E-state index in [0.717, 1.165) is 19.3 Å². The Morgan fingerprint density at radius 2 is 2.15 bits per heavy atom. The van der Waals surface area contributed by atoms with Crippen molar-refractivity contribution in [1.29, 1.82) is 0 Å². The predicted octanol–water partition coefficient (Wildman–Crippen LogP) is 2.06. The van der Waals surface area contributed by atoms with Crippen molar-refractivity contribution in [2.24, 2.45) is 5.73 Å². The number of hydrogen-bond acceptors (Lipinski definition) is 4. The molecule has 2 atom stereocenters. The van der Waals surface area contributed by atoms with E-state index in [0.29, 0.717) is 19.4 Å². The fraction of sp³-hybridized carbons (Fsp3) is 0.562. The molecule has 0 amide bonds. The zero-order chi connectivity index (χ0) is 14.4. The molecular weight excluding hydrogens is 254 g/mol. The number of rotatable bonds is 6. The summed E-state index contributed by atoms with van der Waals surface area (Å²) in [5, 5.41) is 0. The Labute approximate surface area is 120 Å². The maximum absolute atomic E-state index is 11.6. The third-order valence-corrected chi connectivity index (χ3v) is 3.90. The normalized spacial score (nSPS) is 25.6. The molecule has 20 heavy (non-hydrogen) atoms. The Morgan fingerprint density at radius 1 is 1.40 bits per heavy atom. The van der Waals surface area contributed by atoms with Crippen LogP contribution >= 0.6 is 0 Å². The summed E-state index contributed by atoms with van der Waals surface area (Å²) in [6.07, 6.45) is 4.11. The van der Waals surface area contributed by atoms with Gasteiger partial charge in [0.15, 0.2) is 0 Å². The van der Waals surface area contributed by atoms with Gasteiger partial charge in [-0.2, -0.15) is 0 Å². The number of nitrogens with two attached hydrogens (primary N) is 1. The van der Waals surface area contributed by atoms with Gasteiger partial charge in [0, 0.05) is 13.0 Å². The summed E-state index contributed by atoms with van der Waals surface area (Å²) in [6, 6.07) is 10.4. The minimum Gasteiger partial charge on any atom is -0.468 e. The van der Waals surface area contributed by atoms with E-state index < -0.39 is 5.54 Å². The quantitative estimate of drug-likeness (QED) is 0.638. The van der Waals surface area contributed by atoms with Crippen LogP contribution < -0.4 is 5.73 Å². The van der Waals surface area contributed by atoms with Crippen LogP contribution in [0.3, 0.4) is 0 Å². The molecule has 0 radical (unpaired) electrons. The van der Waals surface area contributed by atoms with E-state index in [-0.39, 0.29) is 12.1 Å². The van der Waals surface area contributed by atoms with Gasteiger partial charge in [-0.25, -0.2) is 0 Å². The third-order valence-electron chi connectivity index (χ3n) is 3.90. The molecule has 2 rings (SSSR count). The van der Waals surface area contributed by atoms with Gasteiger partial charge in [-0.3, -0.25) is 4.79 Å². The summed E-state index contributed by atoms with van der Waals surface area (Å²) >= 11 is 0. The van der Waals surface area contributed by atoms with Gasteiger partial charge >= 0.3 is 5.97 Å². The first kappa shape index (κ1) is 15.0. The standard InChI is InChI=1S/C16H23NO3/c1-19-15(18)16(17)10-9-14(12-16)20-11-5-8-13-6-3-2-4-7-13/h2-4,6-7,14H,5,8-12,17H2,1H3. The summed E-state index contributed by atoms with van der Waals surface area (Å²) < 4.78 is 10.6. The molecule has 0 aromatic heterocycles. The maximum atomic E-state index is 11.6. The lowest BCUT2D eigenvalue weighted by molar-refractivity contribution is -0.147. The van der Waals surface area contributed by atoms with Crippen LogP contribution in [0.15, 0.2) is 30.3 Å². The van der Waals surface area contributed by atoms with E-state index in [9.17, 15) is 4.79 Å². The average molecular weight is 277 g/mol. The second-order valence-electron chi connectivity index (χ2n) is 5.47. The minimum atomic E-state index is -0.848. The second kappa shape index (κ2) is 6.86. The molecule has 0 heterocycles. The van der Waals surface area contributed by atoms with Crippen molar-refractivity contribution < 1.29 is 14.3 Å². The number of methoxy groups -OCH3 is 1. The van der Waals surface area contributed by atoms with Crippen molar-refractivity contribution in [2.45, 2.75) is 43.7 Å². The molecule has 2 unspecified atom stereocenters. The Bertz CT molecular complexity index is 435. The monoisotopic (exact) mass is 277 g/mol. The van der Waals surface area contributed by atoms with E-state index in [1.165, 1.54) is 12.7 Å². The molecule has 4 heteroatoms. The van der Waals surface area contributed by atoms with Gasteiger partial charge in [-0.15, -0.1) is 0 Å². The van der Waals surface area contributed by atoms with Crippen molar-refractivity contribution in [2.75, 3.05) is 13.7 Å². The van der Waals surface area contributed by atoms with Gasteiger partial charge in [0.1, 0.15) is 5.54 Å². The molecule has 0 spiro atoms. The topological polar surface area (TPSA) is 61.5 Å². The molecule has 4 nitrogen and oxygen atoms in total. The highest BCUT2D eigenvalue weighted by atomic mass is 16.5. The van der Waals surface area contributed by atoms with Gasteiger partial charge in [0.2, 0.25) is 0 Å². The van der Waals surface area contributed by atoms with Crippen LogP contribution in [-0.2, 0) is 20.7 Å². The molecule has 1 aromatic carbocycles. The van der Waals surface area contributed by atoms with E-state index >= 15 is 0 Å². The van der Waals surface area contributed by atoms with Gasteiger partial charge in [-0.1, -0.05) is 30.3 Å². The first-order valence-electron chi connectivity index (χ1n) is 7.17. The van der Waals surface area contributed by atoms with Gasteiger partial charge < -0.3 is 15.2 Å². The van der Waals surface area contributed by atoms with Crippen LogP contribution in [0.4, 0.5) is 0 Å². The van der Waals surface area contributed by atoms with E-state index in [1.807, 2.05) is 18.2 Å². The average Bonchev–Trinajstić information content (AvgIpc) is 2.87. The molecule has 2 N–H and O–H groups in total. The van der Waals surface area contributed by atoms with Crippen LogP contribution in [-0.4, -0.2) is 31.3 Å². The Morgan fingerprint density at radius 3 is 2.85 bits per heavy atom. The number of benzene rings is 1. The third kappa shape index (κ3) is 3.81. The number of aryl methyl sites for hydroxylation is 1. The van der Waals surface area contributed by atoms with Crippen molar-refractivity contribution in [3.8, 4) is 0 Å². The zero-order valence-electron chi connectivity index (χ0n) is 12.0. The smallest absolute Gasteiger partial charge is 0.325 e. The fourth-order valence-electron chi connectivity index (χ4n) is 2.73. The number of esters is 1. The first-order valence-corrected chi connectivity index (χ1v) is 7.17. The van der Waals surface area contributed by atoms with Crippen molar-refractivity contribution >= 4 is 5.97 Å². The van der Waals surface area contributed by atoms with Crippen LogP contribution in [0.2, 0.25) is 0 Å². The maximum Gasteiger partial charge on any atom is 0.325 e. The van der Waals surface area contributed by atoms with Crippen LogP contribution in [0.5, 0.6) is 0 Å². The highest BCUT2D eigenvalue weighted by Gasteiger charge is 2.43. The summed E-state index contributed by atoms with van der Waals surface area (Å²) in [7, 11) is 1.38. The van der Waals surface area contributed by atoms with Crippen LogP contribution in [0, 0.1) is 0 Å². The molecule has 1 aliphatic rings. The molecular formula is C16H23NO3. The Hall–Kier alpha value is -1.39. The molecule has 1 fully saturated rings. The largest absolute Gasteiger partial charge is 0.468 e. The van der Waals surface area contributed by atoms with E-state index in [1.54, 1.807) is 0 Å². The lowest BCUT2D eigenvalue weighted by Gasteiger charge is -2.20. The van der Waals surface area contributed by atoms with Gasteiger partial charge in [0.05, 0.1) is 13.2 Å². The van der Waals surface area contributed by atoms with Gasteiger partial charge in [-0.05, 0) is 31.2 Å². The number of ether oxygens (including phenoxy) is 2. The van der Waals surface area contributed by atoms with Crippen molar-refractivity contribution in [1.82, 2.24) is 0 Å². The second-order valence-corrected chi connectivity index (χ2v) is 5.47. The van der Waals surface area contributed by atoms with Gasteiger partial charge in [0.25, 0.3) is 0 Å². The summed E-state index contributed by atoms with van der Waals surface area (Å²) in [4.78, 5) is 11.6. The first-order chi connectivity index (χ1) is 9.64. The molecule has 0 saturated heterocycles. The SMILES string of the molecule is COC(=O)C1(N)CCC(OCCCc2ccccc2)C1. The van der Waals surface area contributed by atoms with Crippen molar-refractivity contribution in [3.63, 3.8) is 0 Å². The number of carbonyl (C=O) groups is 1. The number of hydrogen-bond donors (Lipinski definition) is 1. The fourth-order valence-corrected chi connectivity index (χ4v) is 2.73. The molecule has 1 saturated carbocycles. The lowest BCUT2D eigenvalue weighted by atomic mass is 10.00. The minimum absolute atomic E-state index is 0.0786. The predicted molar refractivity (Wildman–Crippen MR) is 77.3 cm³/mol. The lowest BCUT2D eigenvalue weighted by Crippen LogP contribution is -2.46. The molecule has 1 aromatic rings. The molecule has 0 bridgehead atoms. The Kier molecular flexibility index (Phi) is 5.15. The van der Waals surface area contributed by atoms with Crippen molar-refractivity contribution in [3.05, 3.63) is 35.9 Å². The molecule has 110 valence electrons.